The summed E-state index contributed by atoms with van der Waals surface area (Å²) in [6.45, 7) is 8.30. The molecule has 0 saturated heterocycles. The highest BCUT2D eigenvalue weighted by Crippen LogP contribution is 2.25. The van der Waals surface area contributed by atoms with Gasteiger partial charge in [0, 0.05) is 19.5 Å². The SMILES string of the molecule is CCNC(=O)C(C)NC(=O)NCCC(C)(C)CCC(=O)O. The highest BCUT2D eigenvalue weighted by atomic mass is 16.4. The maximum atomic E-state index is 11.6. The van der Waals surface area contributed by atoms with E-state index in [2.05, 4.69) is 16.0 Å². The van der Waals surface area contributed by atoms with Crippen LogP contribution in [0.3, 0.4) is 0 Å². The number of carbonyl (C=O) groups is 3. The lowest BCUT2D eigenvalue weighted by molar-refractivity contribution is -0.137. The Morgan fingerprint density at radius 3 is 2.29 bits per heavy atom. The topological polar surface area (TPSA) is 108 Å². The van der Waals surface area contributed by atoms with E-state index in [4.69, 9.17) is 5.11 Å². The summed E-state index contributed by atoms with van der Waals surface area (Å²) in [6, 6.07) is -0.993. The van der Waals surface area contributed by atoms with Crippen molar-refractivity contribution in [2.75, 3.05) is 13.1 Å². The number of carboxylic acid groups (broad SMARTS) is 1. The molecule has 0 aliphatic rings. The molecule has 1 unspecified atom stereocenters. The average Bonchev–Trinajstić information content (AvgIpc) is 2.36. The Bertz CT molecular complexity index is 369. The number of rotatable bonds is 9. The third-order valence-corrected chi connectivity index (χ3v) is 3.19. The van der Waals surface area contributed by atoms with E-state index >= 15 is 0 Å². The van der Waals surface area contributed by atoms with Crippen molar-refractivity contribution in [3.8, 4) is 0 Å². The van der Waals surface area contributed by atoms with Gasteiger partial charge in [0.1, 0.15) is 6.04 Å². The number of nitrogens with one attached hydrogen (secondary N) is 3. The molecule has 1 atom stereocenters. The van der Waals surface area contributed by atoms with Gasteiger partial charge in [-0.15, -0.1) is 0 Å². The van der Waals surface area contributed by atoms with Crippen molar-refractivity contribution in [1.82, 2.24) is 16.0 Å². The first-order valence-corrected chi connectivity index (χ1v) is 7.22. The van der Waals surface area contributed by atoms with Gasteiger partial charge in [-0.05, 0) is 32.1 Å². The van der Waals surface area contributed by atoms with Crippen LogP contribution in [0, 0.1) is 5.41 Å². The molecule has 0 bridgehead atoms. The second-order valence-corrected chi connectivity index (χ2v) is 5.82. The van der Waals surface area contributed by atoms with Crippen molar-refractivity contribution >= 4 is 17.9 Å². The molecule has 0 aromatic carbocycles. The maximum Gasteiger partial charge on any atom is 0.315 e. The summed E-state index contributed by atoms with van der Waals surface area (Å²) in [5.74, 6) is -1.04. The quantitative estimate of drug-likeness (QED) is 0.511. The Kier molecular flexibility index (Phi) is 8.42. The van der Waals surface area contributed by atoms with Crippen LogP contribution in [0.2, 0.25) is 0 Å². The summed E-state index contributed by atoms with van der Waals surface area (Å²) in [6.07, 6.45) is 1.34. The average molecular weight is 301 g/mol. The van der Waals surface area contributed by atoms with Crippen LogP contribution < -0.4 is 16.0 Å². The van der Waals surface area contributed by atoms with Crippen molar-refractivity contribution in [3.63, 3.8) is 0 Å². The van der Waals surface area contributed by atoms with Crippen LogP contribution in [0.1, 0.15) is 47.0 Å². The van der Waals surface area contributed by atoms with Crippen molar-refractivity contribution in [1.29, 1.82) is 0 Å². The zero-order chi connectivity index (χ0) is 16.5. The number of carboxylic acids is 1. The standard InChI is InChI=1S/C14H27N3O4/c1-5-15-12(20)10(2)17-13(21)16-9-8-14(3,4)7-6-11(18)19/h10H,5-9H2,1-4H3,(H,15,20)(H,18,19)(H2,16,17,21). The molecule has 4 N–H and O–H groups in total. The third kappa shape index (κ3) is 9.70. The molecule has 122 valence electrons. The summed E-state index contributed by atoms with van der Waals surface area (Å²) >= 11 is 0. The van der Waals surface area contributed by atoms with E-state index in [1.54, 1.807) is 6.92 Å². The van der Waals surface area contributed by atoms with Gasteiger partial charge < -0.3 is 21.1 Å². The van der Waals surface area contributed by atoms with Gasteiger partial charge in [-0.3, -0.25) is 9.59 Å². The monoisotopic (exact) mass is 301 g/mol. The Labute approximate surface area is 125 Å². The summed E-state index contributed by atoms with van der Waals surface area (Å²) < 4.78 is 0. The first kappa shape index (κ1) is 19.2. The lowest BCUT2D eigenvalue weighted by Crippen LogP contribution is -2.48. The zero-order valence-corrected chi connectivity index (χ0v) is 13.3. The molecule has 0 rings (SSSR count). The Morgan fingerprint density at radius 1 is 1.14 bits per heavy atom. The molecule has 7 nitrogen and oxygen atoms in total. The Balaban J connectivity index is 3.98. The van der Waals surface area contributed by atoms with Crippen LogP contribution in [-0.4, -0.2) is 42.1 Å². The van der Waals surface area contributed by atoms with Crippen LogP contribution in [-0.2, 0) is 9.59 Å². The fraction of sp³-hybridized carbons (Fsp3) is 0.786. The van der Waals surface area contributed by atoms with E-state index in [1.165, 1.54) is 0 Å². The number of hydrogen-bond acceptors (Lipinski definition) is 3. The minimum absolute atomic E-state index is 0.118. The summed E-state index contributed by atoms with van der Waals surface area (Å²) in [7, 11) is 0. The van der Waals surface area contributed by atoms with Crippen molar-refractivity contribution in [2.24, 2.45) is 5.41 Å². The largest absolute Gasteiger partial charge is 0.481 e. The van der Waals surface area contributed by atoms with Gasteiger partial charge in [0.2, 0.25) is 5.91 Å². The van der Waals surface area contributed by atoms with E-state index in [1.807, 2.05) is 20.8 Å². The van der Waals surface area contributed by atoms with Crippen LogP contribution in [0.25, 0.3) is 0 Å². The lowest BCUT2D eigenvalue weighted by atomic mass is 9.84. The number of hydrogen-bond donors (Lipinski definition) is 4. The van der Waals surface area contributed by atoms with E-state index < -0.39 is 18.0 Å². The van der Waals surface area contributed by atoms with Crippen LogP contribution in [0.15, 0.2) is 0 Å². The zero-order valence-electron chi connectivity index (χ0n) is 13.3. The Morgan fingerprint density at radius 2 is 1.76 bits per heavy atom. The molecule has 0 aliphatic carbocycles. The summed E-state index contributed by atoms with van der Waals surface area (Å²) in [5.41, 5.74) is -0.156. The van der Waals surface area contributed by atoms with Crippen molar-refractivity contribution in [2.45, 2.75) is 53.0 Å². The number of carbonyl (C=O) groups excluding carboxylic acids is 2. The fourth-order valence-electron chi connectivity index (χ4n) is 1.73. The number of likely N-dealkylation sites (N-methyl/N-ethyl adjacent to an activating group) is 1. The van der Waals surface area contributed by atoms with Gasteiger partial charge >= 0.3 is 12.0 Å². The second-order valence-electron chi connectivity index (χ2n) is 5.82. The van der Waals surface area contributed by atoms with Gasteiger partial charge in [0.05, 0.1) is 0 Å². The molecular weight excluding hydrogens is 274 g/mol. The second kappa shape index (κ2) is 9.20. The van der Waals surface area contributed by atoms with Gasteiger partial charge in [-0.1, -0.05) is 13.8 Å². The molecule has 7 heteroatoms. The first-order chi connectivity index (χ1) is 9.68. The molecule has 3 amide bonds. The van der Waals surface area contributed by atoms with Crippen LogP contribution in [0.5, 0.6) is 0 Å². The van der Waals surface area contributed by atoms with E-state index in [0.29, 0.717) is 25.9 Å². The van der Waals surface area contributed by atoms with Crippen molar-refractivity contribution < 1.29 is 19.5 Å². The molecular formula is C14H27N3O4. The molecule has 0 fully saturated rings. The highest BCUT2D eigenvalue weighted by molar-refractivity contribution is 5.86. The van der Waals surface area contributed by atoms with Crippen LogP contribution in [0.4, 0.5) is 4.79 Å². The normalized spacial score (nSPS) is 12.4. The maximum absolute atomic E-state index is 11.6. The molecule has 0 saturated carbocycles. The van der Waals surface area contributed by atoms with Gasteiger partial charge in [0.25, 0.3) is 0 Å². The molecule has 0 aromatic heterocycles. The van der Waals surface area contributed by atoms with Gasteiger partial charge in [-0.2, -0.15) is 0 Å². The molecule has 0 spiro atoms. The van der Waals surface area contributed by atoms with Crippen molar-refractivity contribution in [3.05, 3.63) is 0 Å². The smallest absolute Gasteiger partial charge is 0.315 e. The number of urea groups is 1. The van der Waals surface area contributed by atoms with Gasteiger partial charge in [0.15, 0.2) is 0 Å². The molecule has 0 aliphatic heterocycles. The predicted molar refractivity (Wildman–Crippen MR) is 79.9 cm³/mol. The van der Waals surface area contributed by atoms with Gasteiger partial charge in [-0.25, -0.2) is 4.79 Å². The lowest BCUT2D eigenvalue weighted by Gasteiger charge is -2.24. The first-order valence-electron chi connectivity index (χ1n) is 7.22. The molecule has 0 heterocycles. The van der Waals surface area contributed by atoms with E-state index in [-0.39, 0.29) is 17.7 Å². The molecule has 0 radical (unpaired) electrons. The fourth-order valence-corrected chi connectivity index (χ4v) is 1.73. The minimum Gasteiger partial charge on any atom is -0.481 e. The highest BCUT2D eigenvalue weighted by Gasteiger charge is 2.20. The van der Waals surface area contributed by atoms with Crippen LogP contribution >= 0.6 is 0 Å². The molecule has 0 aromatic rings. The van der Waals surface area contributed by atoms with E-state index in [0.717, 1.165) is 0 Å². The summed E-state index contributed by atoms with van der Waals surface area (Å²) in [4.78, 5) is 33.6. The number of amides is 3. The predicted octanol–water partition coefficient (Wildman–Crippen LogP) is 1.09. The Hall–Kier alpha value is -1.79. The molecule has 21 heavy (non-hydrogen) atoms. The minimum atomic E-state index is -0.815. The van der Waals surface area contributed by atoms with E-state index in [9.17, 15) is 14.4 Å². The summed E-state index contributed by atoms with van der Waals surface area (Å²) in [5, 5.41) is 16.5. The third-order valence-electron chi connectivity index (χ3n) is 3.19. The number of aliphatic carboxylic acids is 1.